The van der Waals surface area contributed by atoms with E-state index >= 15 is 0 Å². The van der Waals surface area contributed by atoms with Gasteiger partial charge in [0.2, 0.25) is 0 Å². The van der Waals surface area contributed by atoms with Gasteiger partial charge < -0.3 is 10.8 Å². The zero-order chi connectivity index (χ0) is 6.85. The molecule has 3 N–H and O–H groups in total. The monoisotopic (exact) mass is 127 g/mol. The van der Waals surface area contributed by atoms with Crippen LogP contribution in [0.15, 0.2) is 12.2 Å². The van der Waals surface area contributed by atoms with Crippen molar-refractivity contribution in [3.05, 3.63) is 12.2 Å². The first-order valence-electron chi connectivity index (χ1n) is 3.27. The zero-order valence-electron chi connectivity index (χ0n) is 5.51. The fraction of sp³-hybridized carbons (Fsp3) is 0.714. The van der Waals surface area contributed by atoms with Crippen LogP contribution in [0.5, 0.6) is 0 Å². The molecule has 0 saturated heterocycles. The lowest BCUT2D eigenvalue weighted by Gasteiger charge is -2.09. The van der Waals surface area contributed by atoms with Gasteiger partial charge in [0.25, 0.3) is 0 Å². The molecule has 0 amide bonds. The summed E-state index contributed by atoms with van der Waals surface area (Å²) in [6.07, 6.45) is 1.81. The predicted molar refractivity (Wildman–Crippen MR) is 36.9 cm³/mol. The minimum absolute atomic E-state index is 0.155. The molecule has 0 aromatic carbocycles. The minimum atomic E-state index is 0.155. The molecule has 0 heterocycles. The highest BCUT2D eigenvalue weighted by molar-refractivity contribution is 5.07. The Morgan fingerprint density at radius 1 is 1.67 bits per heavy atom. The molecule has 52 valence electrons. The summed E-state index contributed by atoms with van der Waals surface area (Å²) in [5, 5.41) is 8.73. The molecule has 0 bridgehead atoms. The van der Waals surface area contributed by atoms with E-state index in [0.717, 1.165) is 12.8 Å². The maximum absolute atomic E-state index is 8.73. The van der Waals surface area contributed by atoms with Gasteiger partial charge in [-0.1, -0.05) is 12.2 Å². The molecule has 2 nitrogen and oxygen atoms in total. The van der Waals surface area contributed by atoms with Crippen LogP contribution in [0.2, 0.25) is 0 Å². The molecule has 0 aromatic rings. The van der Waals surface area contributed by atoms with Crippen LogP contribution in [0.25, 0.3) is 0 Å². The van der Waals surface area contributed by atoms with Gasteiger partial charge in [-0.25, -0.2) is 0 Å². The first kappa shape index (κ1) is 6.78. The zero-order valence-corrected chi connectivity index (χ0v) is 5.51. The number of hydrogen-bond acceptors (Lipinski definition) is 2. The summed E-state index contributed by atoms with van der Waals surface area (Å²) >= 11 is 0. The molecule has 2 atom stereocenters. The predicted octanol–water partition coefficient (Wildman–Crippen LogP) is 0.272. The Kier molecular flexibility index (Phi) is 1.88. The molecule has 0 aromatic heterocycles. The number of nitrogens with two attached hydrogens (primary N) is 1. The van der Waals surface area contributed by atoms with E-state index in [1.807, 2.05) is 0 Å². The van der Waals surface area contributed by atoms with E-state index in [2.05, 4.69) is 6.58 Å². The van der Waals surface area contributed by atoms with Gasteiger partial charge in [-0.3, -0.25) is 0 Å². The Labute approximate surface area is 55.4 Å². The molecule has 1 saturated carbocycles. The van der Waals surface area contributed by atoms with E-state index in [-0.39, 0.29) is 18.6 Å². The summed E-state index contributed by atoms with van der Waals surface area (Å²) in [4.78, 5) is 0. The third-order valence-electron chi connectivity index (χ3n) is 1.92. The number of aliphatic hydroxyl groups excluding tert-OH is 1. The standard InChI is InChI=1S/C7H13NO/c1-5-2-6(4-9)7(8)3-5/h6-7,9H,1-4,8H2/t6-,7-/m0/s1. The van der Waals surface area contributed by atoms with Crippen LogP contribution < -0.4 is 5.73 Å². The molecule has 2 heteroatoms. The van der Waals surface area contributed by atoms with Gasteiger partial charge in [-0.15, -0.1) is 0 Å². The van der Waals surface area contributed by atoms with Crippen LogP contribution >= 0.6 is 0 Å². The summed E-state index contributed by atoms with van der Waals surface area (Å²) < 4.78 is 0. The molecule has 0 radical (unpaired) electrons. The first-order valence-corrected chi connectivity index (χ1v) is 3.27. The first-order chi connectivity index (χ1) is 4.24. The van der Waals surface area contributed by atoms with Gasteiger partial charge in [0.05, 0.1) is 0 Å². The molecule has 0 unspecified atom stereocenters. The Morgan fingerprint density at radius 2 is 2.33 bits per heavy atom. The van der Waals surface area contributed by atoms with Gasteiger partial charge in [0.1, 0.15) is 0 Å². The van der Waals surface area contributed by atoms with Gasteiger partial charge in [0, 0.05) is 18.6 Å². The lowest BCUT2D eigenvalue weighted by molar-refractivity contribution is 0.219. The minimum Gasteiger partial charge on any atom is -0.396 e. The number of hydrogen-bond donors (Lipinski definition) is 2. The highest BCUT2D eigenvalue weighted by Gasteiger charge is 2.25. The molecular formula is C7H13NO. The van der Waals surface area contributed by atoms with Crippen LogP contribution in [-0.4, -0.2) is 17.8 Å². The molecule has 1 rings (SSSR count). The topological polar surface area (TPSA) is 46.2 Å². The van der Waals surface area contributed by atoms with Gasteiger partial charge in [-0.2, -0.15) is 0 Å². The molecule has 1 aliphatic rings. The number of aliphatic hydroxyl groups is 1. The fourth-order valence-electron chi connectivity index (χ4n) is 1.31. The van der Waals surface area contributed by atoms with E-state index in [9.17, 15) is 0 Å². The largest absolute Gasteiger partial charge is 0.396 e. The fourth-order valence-corrected chi connectivity index (χ4v) is 1.31. The second-order valence-corrected chi connectivity index (χ2v) is 2.76. The van der Waals surface area contributed by atoms with Crippen molar-refractivity contribution < 1.29 is 5.11 Å². The van der Waals surface area contributed by atoms with Crippen molar-refractivity contribution in [2.45, 2.75) is 18.9 Å². The van der Waals surface area contributed by atoms with Crippen molar-refractivity contribution in [1.29, 1.82) is 0 Å². The maximum atomic E-state index is 8.73. The molecule has 0 spiro atoms. The van der Waals surface area contributed by atoms with Crippen molar-refractivity contribution >= 4 is 0 Å². The third-order valence-corrected chi connectivity index (χ3v) is 1.92. The van der Waals surface area contributed by atoms with E-state index in [1.54, 1.807) is 0 Å². The molecule has 1 fully saturated rings. The average Bonchev–Trinajstić information content (AvgIpc) is 2.10. The normalized spacial score (nSPS) is 35.6. The Balaban J connectivity index is 2.47. The van der Waals surface area contributed by atoms with Crippen LogP contribution in [0, 0.1) is 5.92 Å². The molecule has 9 heavy (non-hydrogen) atoms. The highest BCUT2D eigenvalue weighted by Crippen LogP contribution is 2.27. The quantitative estimate of drug-likeness (QED) is 0.497. The second-order valence-electron chi connectivity index (χ2n) is 2.76. The van der Waals surface area contributed by atoms with E-state index in [0.29, 0.717) is 0 Å². The van der Waals surface area contributed by atoms with E-state index < -0.39 is 0 Å². The van der Waals surface area contributed by atoms with Crippen LogP contribution in [0.4, 0.5) is 0 Å². The van der Waals surface area contributed by atoms with E-state index in [4.69, 9.17) is 10.8 Å². The van der Waals surface area contributed by atoms with Gasteiger partial charge in [-0.05, 0) is 12.8 Å². The van der Waals surface area contributed by atoms with Crippen molar-refractivity contribution in [2.75, 3.05) is 6.61 Å². The average molecular weight is 127 g/mol. The van der Waals surface area contributed by atoms with Gasteiger partial charge >= 0.3 is 0 Å². The Bertz CT molecular complexity index is 122. The van der Waals surface area contributed by atoms with Crippen LogP contribution in [-0.2, 0) is 0 Å². The summed E-state index contributed by atoms with van der Waals surface area (Å²) in [6.45, 7) is 4.02. The number of rotatable bonds is 1. The molecule has 1 aliphatic carbocycles. The summed E-state index contributed by atoms with van der Waals surface area (Å²) in [5.41, 5.74) is 6.84. The second kappa shape index (κ2) is 2.50. The summed E-state index contributed by atoms with van der Waals surface area (Å²) in [5.74, 6) is 0.275. The lowest BCUT2D eigenvalue weighted by Crippen LogP contribution is -2.26. The van der Waals surface area contributed by atoms with Crippen molar-refractivity contribution in [3.8, 4) is 0 Å². The van der Waals surface area contributed by atoms with Crippen molar-refractivity contribution in [3.63, 3.8) is 0 Å². The molecule has 0 aliphatic heterocycles. The Morgan fingerprint density at radius 3 is 2.56 bits per heavy atom. The third kappa shape index (κ3) is 1.32. The summed E-state index contributed by atoms with van der Waals surface area (Å²) in [7, 11) is 0. The van der Waals surface area contributed by atoms with E-state index in [1.165, 1.54) is 5.57 Å². The maximum Gasteiger partial charge on any atom is 0.0477 e. The SMILES string of the molecule is C=C1C[C@@H](CO)[C@@H](N)C1. The van der Waals surface area contributed by atoms with Crippen LogP contribution in [0.3, 0.4) is 0 Å². The van der Waals surface area contributed by atoms with Crippen molar-refractivity contribution in [2.24, 2.45) is 11.7 Å². The summed E-state index contributed by atoms with van der Waals surface area (Å²) in [6, 6.07) is 0.155. The van der Waals surface area contributed by atoms with Crippen LogP contribution in [0.1, 0.15) is 12.8 Å². The molecular weight excluding hydrogens is 114 g/mol. The smallest absolute Gasteiger partial charge is 0.0477 e. The van der Waals surface area contributed by atoms with Gasteiger partial charge in [0.15, 0.2) is 0 Å². The highest BCUT2D eigenvalue weighted by atomic mass is 16.3. The Hall–Kier alpha value is -0.340. The lowest BCUT2D eigenvalue weighted by atomic mass is 10.1. The van der Waals surface area contributed by atoms with Crippen molar-refractivity contribution in [1.82, 2.24) is 0 Å².